The number of carbonyl (C=O) groups excluding carboxylic acids is 2. The van der Waals surface area contributed by atoms with Crippen LogP contribution in [0.3, 0.4) is 0 Å². The van der Waals surface area contributed by atoms with E-state index >= 15 is 0 Å². The molecule has 0 fully saturated rings. The summed E-state index contributed by atoms with van der Waals surface area (Å²) in [4.78, 5) is 23.7. The second-order valence-corrected chi connectivity index (χ2v) is 4.39. The first-order valence-corrected chi connectivity index (χ1v) is 6.39. The molecule has 1 aromatic heterocycles. The molecule has 2 N–H and O–H groups in total. The van der Waals surface area contributed by atoms with Crippen molar-refractivity contribution in [3.05, 3.63) is 48.4 Å². The Morgan fingerprint density at radius 2 is 1.90 bits per heavy atom. The van der Waals surface area contributed by atoms with Gasteiger partial charge in [-0.2, -0.15) is 0 Å². The summed E-state index contributed by atoms with van der Waals surface area (Å²) < 4.78 is 10.00. The molecule has 1 aromatic carbocycles. The Balaban J connectivity index is 1.91. The summed E-state index contributed by atoms with van der Waals surface area (Å²) in [5.74, 6) is 0.115. The SMILES string of the molecule is COc1ccc(NC(=O)[C@@H](C)NC(=O)c2ccco2)cc1. The van der Waals surface area contributed by atoms with Crippen molar-refractivity contribution in [3.8, 4) is 5.75 Å². The molecule has 0 spiro atoms. The van der Waals surface area contributed by atoms with Crippen LogP contribution in [0.4, 0.5) is 5.69 Å². The third kappa shape index (κ3) is 3.85. The van der Waals surface area contributed by atoms with Crippen LogP contribution in [0.25, 0.3) is 0 Å². The molecule has 2 aromatic rings. The molecule has 2 rings (SSSR count). The molecule has 0 bridgehead atoms. The molecule has 1 heterocycles. The predicted molar refractivity (Wildman–Crippen MR) is 77.3 cm³/mol. The van der Waals surface area contributed by atoms with Gasteiger partial charge in [0, 0.05) is 5.69 Å². The number of rotatable bonds is 5. The number of carbonyl (C=O) groups is 2. The highest BCUT2D eigenvalue weighted by molar-refractivity contribution is 5.99. The van der Waals surface area contributed by atoms with E-state index in [9.17, 15) is 9.59 Å². The summed E-state index contributed by atoms with van der Waals surface area (Å²) in [7, 11) is 1.57. The van der Waals surface area contributed by atoms with Crippen LogP contribution in [-0.2, 0) is 4.79 Å². The number of hydrogen-bond donors (Lipinski definition) is 2. The van der Waals surface area contributed by atoms with E-state index in [4.69, 9.17) is 9.15 Å². The van der Waals surface area contributed by atoms with E-state index in [-0.39, 0.29) is 11.7 Å². The molecular formula is C15H16N2O4. The van der Waals surface area contributed by atoms with Crippen molar-refractivity contribution in [2.24, 2.45) is 0 Å². The minimum Gasteiger partial charge on any atom is -0.497 e. The van der Waals surface area contributed by atoms with Gasteiger partial charge >= 0.3 is 0 Å². The minimum absolute atomic E-state index is 0.166. The van der Waals surface area contributed by atoms with E-state index in [1.165, 1.54) is 12.3 Å². The van der Waals surface area contributed by atoms with E-state index in [2.05, 4.69) is 10.6 Å². The number of amides is 2. The highest BCUT2D eigenvalue weighted by Gasteiger charge is 2.18. The fourth-order valence-electron chi connectivity index (χ4n) is 1.67. The third-order valence-electron chi connectivity index (χ3n) is 2.84. The van der Waals surface area contributed by atoms with Crippen molar-refractivity contribution in [2.45, 2.75) is 13.0 Å². The van der Waals surface area contributed by atoms with Crippen molar-refractivity contribution in [2.75, 3.05) is 12.4 Å². The molecule has 0 saturated heterocycles. The van der Waals surface area contributed by atoms with Crippen LogP contribution in [0, 0.1) is 0 Å². The number of benzene rings is 1. The fraction of sp³-hybridized carbons (Fsp3) is 0.200. The van der Waals surface area contributed by atoms with Crippen molar-refractivity contribution < 1.29 is 18.7 Å². The molecule has 110 valence electrons. The van der Waals surface area contributed by atoms with Crippen LogP contribution in [-0.4, -0.2) is 25.0 Å². The molecule has 0 aliphatic rings. The summed E-state index contributed by atoms with van der Waals surface area (Å²) in [6, 6.07) is 9.36. The Labute approximate surface area is 122 Å². The van der Waals surface area contributed by atoms with E-state index < -0.39 is 11.9 Å². The summed E-state index contributed by atoms with van der Waals surface area (Å²) in [6.45, 7) is 1.60. The number of anilines is 1. The van der Waals surface area contributed by atoms with Crippen LogP contribution in [0.2, 0.25) is 0 Å². The van der Waals surface area contributed by atoms with E-state index in [1.54, 1.807) is 44.4 Å². The van der Waals surface area contributed by atoms with Crippen LogP contribution in [0.5, 0.6) is 5.75 Å². The second-order valence-electron chi connectivity index (χ2n) is 4.39. The van der Waals surface area contributed by atoms with E-state index in [0.717, 1.165) is 0 Å². The van der Waals surface area contributed by atoms with Gasteiger partial charge in [0.1, 0.15) is 11.8 Å². The number of methoxy groups -OCH3 is 1. The first-order chi connectivity index (χ1) is 10.1. The average molecular weight is 288 g/mol. The number of hydrogen-bond acceptors (Lipinski definition) is 4. The van der Waals surface area contributed by atoms with Crippen molar-refractivity contribution in [1.82, 2.24) is 5.32 Å². The number of ether oxygens (including phenoxy) is 1. The molecule has 1 atom stereocenters. The number of furan rings is 1. The van der Waals surface area contributed by atoms with Gasteiger partial charge in [-0.3, -0.25) is 9.59 Å². The molecule has 2 amide bonds. The molecule has 0 aliphatic carbocycles. The van der Waals surface area contributed by atoms with Gasteiger partial charge in [-0.25, -0.2) is 0 Å². The number of nitrogens with one attached hydrogen (secondary N) is 2. The zero-order valence-corrected chi connectivity index (χ0v) is 11.8. The monoisotopic (exact) mass is 288 g/mol. The van der Waals surface area contributed by atoms with Crippen LogP contribution < -0.4 is 15.4 Å². The van der Waals surface area contributed by atoms with Gasteiger partial charge < -0.3 is 19.8 Å². The highest BCUT2D eigenvalue weighted by atomic mass is 16.5. The van der Waals surface area contributed by atoms with Gasteiger partial charge in [-0.15, -0.1) is 0 Å². The second kappa shape index (κ2) is 6.60. The van der Waals surface area contributed by atoms with Crippen molar-refractivity contribution in [1.29, 1.82) is 0 Å². The van der Waals surface area contributed by atoms with Gasteiger partial charge in [-0.05, 0) is 43.3 Å². The predicted octanol–water partition coefficient (Wildman–Crippen LogP) is 2.05. The average Bonchev–Trinajstić information content (AvgIpc) is 3.02. The summed E-state index contributed by atoms with van der Waals surface area (Å²) in [6.07, 6.45) is 1.40. The summed E-state index contributed by atoms with van der Waals surface area (Å²) in [5.41, 5.74) is 0.625. The van der Waals surface area contributed by atoms with E-state index in [1.807, 2.05) is 0 Å². The molecular weight excluding hydrogens is 272 g/mol. The van der Waals surface area contributed by atoms with Gasteiger partial charge in [-0.1, -0.05) is 0 Å². The van der Waals surface area contributed by atoms with Crippen molar-refractivity contribution >= 4 is 17.5 Å². The zero-order chi connectivity index (χ0) is 15.2. The maximum Gasteiger partial charge on any atom is 0.287 e. The lowest BCUT2D eigenvalue weighted by molar-refractivity contribution is -0.117. The molecule has 0 saturated carbocycles. The first kappa shape index (κ1) is 14.6. The quantitative estimate of drug-likeness (QED) is 0.882. The summed E-state index contributed by atoms with van der Waals surface area (Å²) >= 11 is 0. The van der Waals surface area contributed by atoms with Crippen molar-refractivity contribution in [3.63, 3.8) is 0 Å². The fourth-order valence-corrected chi connectivity index (χ4v) is 1.67. The zero-order valence-electron chi connectivity index (χ0n) is 11.8. The third-order valence-corrected chi connectivity index (χ3v) is 2.84. The molecule has 0 aliphatic heterocycles. The normalized spacial score (nSPS) is 11.5. The topological polar surface area (TPSA) is 80.6 Å². The Bertz CT molecular complexity index is 605. The van der Waals surface area contributed by atoms with Gasteiger partial charge in [0.05, 0.1) is 13.4 Å². The maximum atomic E-state index is 12.0. The smallest absolute Gasteiger partial charge is 0.287 e. The summed E-state index contributed by atoms with van der Waals surface area (Å²) in [5, 5.41) is 5.26. The lowest BCUT2D eigenvalue weighted by atomic mass is 10.2. The van der Waals surface area contributed by atoms with Gasteiger partial charge in [0.2, 0.25) is 5.91 Å². The minimum atomic E-state index is -0.690. The Morgan fingerprint density at radius 3 is 2.48 bits per heavy atom. The highest BCUT2D eigenvalue weighted by Crippen LogP contribution is 2.15. The molecule has 6 heteroatoms. The lowest BCUT2D eigenvalue weighted by Crippen LogP contribution is -2.41. The molecule has 6 nitrogen and oxygen atoms in total. The van der Waals surface area contributed by atoms with Gasteiger partial charge in [0.15, 0.2) is 5.76 Å². The lowest BCUT2D eigenvalue weighted by Gasteiger charge is -2.13. The van der Waals surface area contributed by atoms with Crippen LogP contribution >= 0.6 is 0 Å². The molecule has 21 heavy (non-hydrogen) atoms. The van der Waals surface area contributed by atoms with E-state index in [0.29, 0.717) is 11.4 Å². The maximum absolute atomic E-state index is 12.0. The Hall–Kier alpha value is -2.76. The van der Waals surface area contributed by atoms with Gasteiger partial charge in [0.25, 0.3) is 5.91 Å². The molecule has 0 unspecified atom stereocenters. The first-order valence-electron chi connectivity index (χ1n) is 6.39. The molecule has 0 radical (unpaired) electrons. The van der Waals surface area contributed by atoms with Crippen LogP contribution in [0.1, 0.15) is 17.5 Å². The Kier molecular flexibility index (Phi) is 4.61. The van der Waals surface area contributed by atoms with Crippen LogP contribution in [0.15, 0.2) is 47.1 Å². The standard InChI is InChI=1S/C15H16N2O4/c1-10(16-15(19)13-4-3-9-21-13)14(18)17-11-5-7-12(20-2)8-6-11/h3-10H,1-2H3,(H,16,19)(H,17,18)/t10-/m1/s1. The largest absolute Gasteiger partial charge is 0.497 e. The Morgan fingerprint density at radius 1 is 1.19 bits per heavy atom.